The van der Waals surface area contributed by atoms with Gasteiger partial charge < -0.3 is 10.2 Å². The molecule has 0 aromatic heterocycles. The molecule has 1 aliphatic rings. The van der Waals surface area contributed by atoms with E-state index >= 15 is 0 Å². The molecule has 1 aliphatic heterocycles. The fourth-order valence-corrected chi connectivity index (χ4v) is 1.73. The van der Waals surface area contributed by atoms with Crippen LogP contribution in [0.5, 0.6) is 0 Å². The largest absolute Gasteiger partial charge is 0.341 e. The number of carbonyl (C=O) groups is 1. The first-order valence-electron chi connectivity index (χ1n) is 4.86. The van der Waals surface area contributed by atoms with Crippen molar-refractivity contribution in [3.8, 4) is 0 Å². The van der Waals surface area contributed by atoms with Gasteiger partial charge in [-0.05, 0) is 13.5 Å². The van der Waals surface area contributed by atoms with Crippen molar-refractivity contribution < 1.29 is 4.79 Å². The highest BCUT2D eigenvalue weighted by Crippen LogP contribution is 2.10. The first-order valence-corrected chi connectivity index (χ1v) is 4.86. The second-order valence-corrected chi connectivity index (χ2v) is 3.54. The Hall–Kier alpha value is -0.770. The molecule has 0 radical (unpaired) electrons. The summed E-state index contributed by atoms with van der Waals surface area (Å²) in [7, 11) is 3.80. The number of nitrogens with one attached hydrogen (secondary N) is 1. The van der Waals surface area contributed by atoms with Crippen molar-refractivity contribution in [1.29, 1.82) is 0 Å². The van der Waals surface area contributed by atoms with E-state index in [4.69, 9.17) is 0 Å². The van der Waals surface area contributed by atoms with Gasteiger partial charge in [0.1, 0.15) is 0 Å². The third kappa shape index (κ3) is 2.34. The zero-order chi connectivity index (χ0) is 9.84. The summed E-state index contributed by atoms with van der Waals surface area (Å²) in [6.45, 7) is 4.83. The number of hydrogen-bond donors (Lipinski definition) is 1. The van der Waals surface area contributed by atoms with E-state index in [0.717, 1.165) is 26.1 Å². The van der Waals surface area contributed by atoms with Crippen molar-refractivity contribution in [2.75, 3.05) is 33.7 Å². The summed E-state index contributed by atoms with van der Waals surface area (Å²) in [6, 6.07) is 0.567. The Morgan fingerprint density at radius 3 is 2.77 bits per heavy atom. The summed E-state index contributed by atoms with van der Waals surface area (Å²) in [5.41, 5.74) is 0. The summed E-state index contributed by atoms with van der Waals surface area (Å²) < 4.78 is 0. The first-order chi connectivity index (χ1) is 6.19. The van der Waals surface area contributed by atoms with Gasteiger partial charge >= 0.3 is 6.03 Å². The summed E-state index contributed by atoms with van der Waals surface area (Å²) in [5, 5.41) is 2.66. The molecule has 1 saturated heterocycles. The number of amides is 2. The van der Waals surface area contributed by atoms with Gasteiger partial charge in [0, 0.05) is 32.7 Å². The zero-order valence-corrected chi connectivity index (χ0v) is 8.71. The predicted octanol–water partition coefficient (Wildman–Crippen LogP) is 0.352. The highest BCUT2D eigenvalue weighted by Gasteiger charge is 2.25. The molecule has 0 spiro atoms. The van der Waals surface area contributed by atoms with Crippen LogP contribution in [-0.4, -0.2) is 55.6 Å². The van der Waals surface area contributed by atoms with Crippen molar-refractivity contribution in [2.45, 2.75) is 19.4 Å². The molecule has 4 nitrogen and oxygen atoms in total. The number of hydrogen-bond acceptors (Lipinski definition) is 2. The second-order valence-electron chi connectivity index (χ2n) is 3.54. The number of likely N-dealkylation sites (N-methyl/N-ethyl adjacent to an activating group) is 1. The van der Waals surface area contributed by atoms with E-state index in [2.05, 4.69) is 24.2 Å². The summed E-state index contributed by atoms with van der Waals surface area (Å²) in [5.74, 6) is 0. The Bertz CT molecular complexity index is 184. The molecule has 13 heavy (non-hydrogen) atoms. The van der Waals surface area contributed by atoms with Gasteiger partial charge in [-0.2, -0.15) is 0 Å². The minimum Gasteiger partial charge on any atom is -0.341 e. The molecular weight excluding hydrogens is 166 g/mol. The molecule has 1 fully saturated rings. The van der Waals surface area contributed by atoms with Crippen LogP contribution in [0.3, 0.4) is 0 Å². The minimum absolute atomic E-state index is 0.0477. The van der Waals surface area contributed by atoms with E-state index in [1.54, 1.807) is 7.05 Å². The maximum absolute atomic E-state index is 11.3. The fraction of sp³-hybridized carbons (Fsp3) is 0.889. The molecule has 1 unspecified atom stereocenters. The van der Waals surface area contributed by atoms with Crippen molar-refractivity contribution in [3.63, 3.8) is 0 Å². The van der Waals surface area contributed by atoms with Crippen LogP contribution in [0.25, 0.3) is 0 Å². The molecule has 0 aromatic rings. The van der Waals surface area contributed by atoms with Crippen molar-refractivity contribution >= 4 is 6.03 Å². The maximum atomic E-state index is 11.3. The number of carbonyl (C=O) groups excluding carboxylic acids is 1. The van der Waals surface area contributed by atoms with E-state index in [1.165, 1.54) is 0 Å². The Kier molecular flexibility index (Phi) is 3.54. The van der Waals surface area contributed by atoms with Crippen LogP contribution in [0.2, 0.25) is 0 Å². The van der Waals surface area contributed by atoms with E-state index in [9.17, 15) is 4.79 Å². The van der Waals surface area contributed by atoms with Crippen LogP contribution < -0.4 is 5.32 Å². The van der Waals surface area contributed by atoms with Crippen molar-refractivity contribution in [2.24, 2.45) is 0 Å². The van der Waals surface area contributed by atoms with Crippen molar-refractivity contribution in [1.82, 2.24) is 15.1 Å². The van der Waals surface area contributed by atoms with E-state index < -0.39 is 0 Å². The number of urea groups is 1. The molecule has 1 atom stereocenters. The van der Waals surface area contributed by atoms with Crippen LogP contribution in [0, 0.1) is 0 Å². The monoisotopic (exact) mass is 185 g/mol. The van der Waals surface area contributed by atoms with Gasteiger partial charge in [0.25, 0.3) is 0 Å². The number of rotatable bonds is 1. The average molecular weight is 185 g/mol. The standard InChI is InChI=1S/C9H19N3O/c1-4-8-7-12(9(13)10-2)6-5-11(8)3/h8H,4-7H2,1-3H3,(H,10,13). The quantitative estimate of drug-likeness (QED) is 0.640. The summed E-state index contributed by atoms with van der Waals surface area (Å²) in [6.07, 6.45) is 1.10. The van der Waals surface area contributed by atoms with Gasteiger partial charge in [-0.25, -0.2) is 4.79 Å². The van der Waals surface area contributed by atoms with Crippen LogP contribution in [-0.2, 0) is 0 Å². The average Bonchev–Trinajstić information content (AvgIpc) is 2.17. The smallest absolute Gasteiger partial charge is 0.317 e. The fourth-order valence-electron chi connectivity index (χ4n) is 1.73. The topological polar surface area (TPSA) is 35.6 Å². The molecule has 0 aromatic carbocycles. The van der Waals surface area contributed by atoms with E-state index in [-0.39, 0.29) is 6.03 Å². The lowest BCUT2D eigenvalue weighted by atomic mass is 10.1. The molecule has 0 aliphatic carbocycles. The lowest BCUT2D eigenvalue weighted by molar-refractivity contribution is 0.108. The highest BCUT2D eigenvalue weighted by molar-refractivity contribution is 5.73. The molecule has 0 saturated carbocycles. The Morgan fingerprint density at radius 1 is 1.54 bits per heavy atom. The number of nitrogens with zero attached hydrogens (tertiary/aromatic N) is 2. The predicted molar refractivity (Wildman–Crippen MR) is 52.7 cm³/mol. The molecule has 4 heteroatoms. The van der Waals surface area contributed by atoms with Gasteiger partial charge in [0.15, 0.2) is 0 Å². The summed E-state index contributed by atoms with van der Waals surface area (Å²) in [4.78, 5) is 15.5. The third-order valence-electron chi connectivity index (χ3n) is 2.75. The zero-order valence-electron chi connectivity index (χ0n) is 8.71. The lowest BCUT2D eigenvalue weighted by Gasteiger charge is -2.38. The molecule has 1 rings (SSSR count). The SMILES string of the molecule is CCC1CN(C(=O)NC)CCN1C. The molecule has 1 heterocycles. The second kappa shape index (κ2) is 4.46. The normalized spacial score (nSPS) is 24.5. The van der Waals surface area contributed by atoms with Crippen LogP contribution in [0.1, 0.15) is 13.3 Å². The van der Waals surface area contributed by atoms with Gasteiger partial charge in [-0.1, -0.05) is 6.92 Å². The van der Waals surface area contributed by atoms with Gasteiger partial charge in [-0.3, -0.25) is 4.90 Å². The highest BCUT2D eigenvalue weighted by atomic mass is 16.2. The summed E-state index contributed by atoms with van der Waals surface area (Å²) >= 11 is 0. The lowest BCUT2D eigenvalue weighted by Crippen LogP contribution is -2.54. The Labute approximate surface area is 79.9 Å². The molecule has 76 valence electrons. The van der Waals surface area contributed by atoms with Gasteiger partial charge in [-0.15, -0.1) is 0 Å². The first kappa shape index (κ1) is 10.3. The van der Waals surface area contributed by atoms with Gasteiger partial charge in [0.05, 0.1) is 0 Å². The minimum atomic E-state index is 0.0477. The van der Waals surface area contributed by atoms with Crippen LogP contribution in [0.4, 0.5) is 4.79 Å². The van der Waals surface area contributed by atoms with Crippen LogP contribution >= 0.6 is 0 Å². The third-order valence-corrected chi connectivity index (χ3v) is 2.75. The van der Waals surface area contributed by atoms with E-state index in [1.807, 2.05) is 4.90 Å². The Balaban J connectivity index is 2.49. The Morgan fingerprint density at radius 2 is 2.23 bits per heavy atom. The number of piperazine rings is 1. The van der Waals surface area contributed by atoms with Crippen LogP contribution in [0.15, 0.2) is 0 Å². The molecule has 1 N–H and O–H groups in total. The molecule has 2 amide bonds. The van der Waals surface area contributed by atoms with E-state index in [0.29, 0.717) is 6.04 Å². The molecular formula is C9H19N3O. The van der Waals surface area contributed by atoms with Crippen molar-refractivity contribution in [3.05, 3.63) is 0 Å². The maximum Gasteiger partial charge on any atom is 0.317 e. The molecule has 0 bridgehead atoms. The van der Waals surface area contributed by atoms with Gasteiger partial charge in [0.2, 0.25) is 0 Å².